The SMILES string of the molecule is Fc1ccc(-c2cc(CCc3ccccc3)[nH]n2)cc1. The lowest BCUT2D eigenvalue weighted by atomic mass is 10.1. The first-order chi connectivity index (χ1) is 9.81. The molecule has 0 spiro atoms. The first kappa shape index (κ1) is 12.6. The standard InChI is InChI=1S/C17H15FN2/c18-15-9-7-14(8-10-15)17-12-16(19-20-17)11-6-13-4-2-1-3-5-13/h1-5,7-10,12H,6,11H2,(H,19,20). The summed E-state index contributed by atoms with van der Waals surface area (Å²) in [5.74, 6) is -0.228. The number of H-pyrrole nitrogens is 1. The van der Waals surface area contributed by atoms with Crippen LogP contribution in [0.15, 0.2) is 60.7 Å². The van der Waals surface area contributed by atoms with Crippen molar-refractivity contribution >= 4 is 0 Å². The van der Waals surface area contributed by atoms with Gasteiger partial charge < -0.3 is 0 Å². The lowest BCUT2D eigenvalue weighted by Gasteiger charge is -1.98. The van der Waals surface area contributed by atoms with E-state index in [2.05, 4.69) is 22.3 Å². The van der Waals surface area contributed by atoms with Crippen molar-refractivity contribution in [3.63, 3.8) is 0 Å². The first-order valence-corrected chi connectivity index (χ1v) is 6.65. The van der Waals surface area contributed by atoms with Crippen molar-refractivity contribution in [3.05, 3.63) is 77.7 Å². The van der Waals surface area contributed by atoms with Crippen molar-refractivity contribution in [2.75, 3.05) is 0 Å². The van der Waals surface area contributed by atoms with Crippen LogP contribution < -0.4 is 0 Å². The molecule has 0 fully saturated rings. The fourth-order valence-corrected chi connectivity index (χ4v) is 2.18. The Hall–Kier alpha value is -2.42. The Balaban J connectivity index is 1.69. The molecule has 0 unspecified atom stereocenters. The number of rotatable bonds is 4. The highest BCUT2D eigenvalue weighted by Crippen LogP contribution is 2.18. The van der Waals surface area contributed by atoms with Crippen molar-refractivity contribution in [1.29, 1.82) is 0 Å². The van der Waals surface area contributed by atoms with Gasteiger partial charge in [-0.3, -0.25) is 5.10 Å². The number of nitrogens with one attached hydrogen (secondary N) is 1. The zero-order chi connectivity index (χ0) is 13.8. The zero-order valence-electron chi connectivity index (χ0n) is 11.0. The molecule has 1 N–H and O–H groups in total. The van der Waals surface area contributed by atoms with Crippen molar-refractivity contribution in [3.8, 4) is 11.3 Å². The monoisotopic (exact) mass is 266 g/mol. The summed E-state index contributed by atoms with van der Waals surface area (Å²) in [6.45, 7) is 0. The minimum Gasteiger partial charge on any atom is -0.282 e. The number of hydrogen-bond acceptors (Lipinski definition) is 1. The van der Waals surface area contributed by atoms with E-state index in [1.54, 1.807) is 12.1 Å². The summed E-state index contributed by atoms with van der Waals surface area (Å²) >= 11 is 0. The molecule has 3 rings (SSSR count). The van der Waals surface area contributed by atoms with Crippen LogP contribution in [0.5, 0.6) is 0 Å². The fourth-order valence-electron chi connectivity index (χ4n) is 2.18. The van der Waals surface area contributed by atoms with Crippen LogP contribution in [0.2, 0.25) is 0 Å². The molecular formula is C17H15FN2. The van der Waals surface area contributed by atoms with Gasteiger partial charge in [-0.1, -0.05) is 30.3 Å². The van der Waals surface area contributed by atoms with Crippen LogP contribution in [0.3, 0.4) is 0 Å². The maximum atomic E-state index is 12.9. The van der Waals surface area contributed by atoms with E-state index in [1.807, 2.05) is 24.3 Å². The molecule has 0 atom stereocenters. The third-order valence-electron chi connectivity index (χ3n) is 3.30. The molecule has 100 valence electrons. The second kappa shape index (κ2) is 5.70. The molecule has 0 aliphatic carbocycles. The van der Waals surface area contributed by atoms with E-state index in [0.29, 0.717) is 0 Å². The Morgan fingerprint density at radius 1 is 0.900 bits per heavy atom. The van der Waals surface area contributed by atoms with Gasteiger partial charge in [0.1, 0.15) is 5.82 Å². The number of aromatic nitrogens is 2. The number of halogens is 1. The molecule has 2 aromatic carbocycles. The third kappa shape index (κ3) is 2.94. The first-order valence-electron chi connectivity index (χ1n) is 6.65. The van der Waals surface area contributed by atoms with Gasteiger partial charge in [0.05, 0.1) is 5.69 Å². The molecule has 0 aliphatic heterocycles. The van der Waals surface area contributed by atoms with Gasteiger partial charge in [0.15, 0.2) is 0 Å². The van der Waals surface area contributed by atoms with Crippen LogP contribution in [0, 0.1) is 5.82 Å². The molecule has 1 heterocycles. The van der Waals surface area contributed by atoms with Gasteiger partial charge in [-0.25, -0.2) is 4.39 Å². The van der Waals surface area contributed by atoms with E-state index in [0.717, 1.165) is 29.8 Å². The smallest absolute Gasteiger partial charge is 0.123 e. The molecular weight excluding hydrogens is 251 g/mol. The van der Waals surface area contributed by atoms with Crippen molar-refractivity contribution < 1.29 is 4.39 Å². The van der Waals surface area contributed by atoms with Crippen LogP contribution in [-0.2, 0) is 12.8 Å². The van der Waals surface area contributed by atoms with Gasteiger partial charge in [-0.15, -0.1) is 0 Å². The highest BCUT2D eigenvalue weighted by molar-refractivity contribution is 5.59. The van der Waals surface area contributed by atoms with Crippen LogP contribution in [0.25, 0.3) is 11.3 Å². The molecule has 0 radical (unpaired) electrons. The maximum absolute atomic E-state index is 12.9. The normalized spacial score (nSPS) is 10.7. The highest BCUT2D eigenvalue weighted by atomic mass is 19.1. The summed E-state index contributed by atoms with van der Waals surface area (Å²) in [7, 11) is 0. The van der Waals surface area contributed by atoms with Crippen molar-refractivity contribution in [1.82, 2.24) is 10.2 Å². The lowest BCUT2D eigenvalue weighted by molar-refractivity contribution is 0.628. The molecule has 0 aliphatic rings. The summed E-state index contributed by atoms with van der Waals surface area (Å²) in [5.41, 5.74) is 4.18. The Kier molecular flexibility index (Phi) is 3.59. The van der Waals surface area contributed by atoms with Crippen LogP contribution in [0.1, 0.15) is 11.3 Å². The van der Waals surface area contributed by atoms with Gasteiger partial charge in [0.25, 0.3) is 0 Å². The predicted octanol–water partition coefficient (Wildman–Crippen LogP) is 4.00. The van der Waals surface area contributed by atoms with Gasteiger partial charge in [-0.2, -0.15) is 5.10 Å². The van der Waals surface area contributed by atoms with Gasteiger partial charge in [-0.05, 0) is 48.7 Å². The van der Waals surface area contributed by atoms with E-state index in [4.69, 9.17) is 0 Å². The second-order valence-electron chi connectivity index (χ2n) is 4.77. The summed E-state index contributed by atoms with van der Waals surface area (Å²) in [5, 5.41) is 7.33. The Morgan fingerprint density at radius 3 is 2.40 bits per heavy atom. The number of aryl methyl sites for hydroxylation is 2. The quantitative estimate of drug-likeness (QED) is 0.759. The number of nitrogens with zero attached hydrogens (tertiary/aromatic N) is 1. The van der Waals surface area contributed by atoms with Gasteiger partial charge >= 0.3 is 0 Å². The van der Waals surface area contributed by atoms with E-state index in [-0.39, 0.29) is 5.82 Å². The average Bonchev–Trinajstić information content (AvgIpc) is 2.96. The molecule has 0 amide bonds. The van der Waals surface area contributed by atoms with E-state index in [1.165, 1.54) is 17.7 Å². The van der Waals surface area contributed by atoms with Gasteiger partial charge in [0, 0.05) is 11.3 Å². The molecule has 0 saturated heterocycles. The van der Waals surface area contributed by atoms with Crippen molar-refractivity contribution in [2.45, 2.75) is 12.8 Å². The number of aromatic amines is 1. The Morgan fingerprint density at radius 2 is 1.65 bits per heavy atom. The molecule has 3 aromatic rings. The van der Waals surface area contributed by atoms with Crippen molar-refractivity contribution in [2.24, 2.45) is 0 Å². The Bertz CT molecular complexity index is 672. The van der Waals surface area contributed by atoms with E-state index < -0.39 is 0 Å². The molecule has 1 aromatic heterocycles. The number of hydrogen-bond donors (Lipinski definition) is 1. The summed E-state index contributed by atoms with van der Waals surface area (Å²) < 4.78 is 12.9. The minimum absolute atomic E-state index is 0.228. The highest BCUT2D eigenvalue weighted by Gasteiger charge is 2.04. The third-order valence-corrected chi connectivity index (χ3v) is 3.30. The zero-order valence-corrected chi connectivity index (χ0v) is 11.0. The molecule has 0 saturated carbocycles. The van der Waals surface area contributed by atoms with E-state index >= 15 is 0 Å². The summed E-state index contributed by atoms with van der Waals surface area (Å²) in [6, 6.07) is 18.8. The molecule has 0 bridgehead atoms. The maximum Gasteiger partial charge on any atom is 0.123 e. The predicted molar refractivity (Wildman–Crippen MR) is 77.8 cm³/mol. The van der Waals surface area contributed by atoms with Gasteiger partial charge in [0.2, 0.25) is 0 Å². The number of benzene rings is 2. The minimum atomic E-state index is -0.228. The molecule has 3 heteroatoms. The summed E-state index contributed by atoms with van der Waals surface area (Å²) in [4.78, 5) is 0. The van der Waals surface area contributed by atoms with E-state index in [9.17, 15) is 4.39 Å². The Labute approximate surface area is 117 Å². The fraction of sp³-hybridized carbons (Fsp3) is 0.118. The molecule has 20 heavy (non-hydrogen) atoms. The topological polar surface area (TPSA) is 28.7 Å². The average molecular weight is 266 g/mol. The second-order valence-corrected chi connectivity index (χ2v) is 4.77. The lowest BCUT2D eigenvalue weighted by Crippen LogP contribution is -1.90. The largest absolute Gasteiger partial charge is 0.282 e. The van der Waals surface area contributed by atoms with Crippen LogP contribution in [-0.4, -0.2) is 10.2 Å². The van der Waals surface area contributed by atoms with Crippen LogP contribution >= 0.6 is 0 Å². The summed E-state index contributed by atoms with van der Waals surface area (Å²) in [6.07, 6.45) is 1.89. The van der Waals surface area contributed by atoms with Crippen LogP contribution in [0.4, 0.5) is 4.39 Å². The molecule has 2 nitrogen and oxygen atoms in total.